The standard InChI is InChI=1S/C6H6N2O2.H2N3/c7-5-3-1-2-4-6(5)8(9)10;1-3-2/h1-4H,7H2;1-2H/q;+1. The van der Waals surface area contributed by atoms with Gasteiger partial charge in [-0.1, -0.05) is 12.1 Å². The second kappa shape index (κ2) is 5.39. The van der Waals surface area contributed by atoms with Crippen LogP contribution >= 0.6 is 0 Å². The van der Waals surface area contributed by atoms with Crippen molar-refractivity contribution < 1.29 is 4.92 Å². The molecule has 0 aliphatic rings. The number of hydrogen-bond acceptors (Lipinski definition) is 5. The minimum absolute atomic E-state index is 0.0394. The molecule has 0 unspecified atom stereocenters. The quantitative estimate of drug-likeness (QED) is 0.199. The van der Waals surface area contributed by atoms with Gasteiger partial charge in [0.05, 0.1) is 4.92 Å². The molecule has 0 radical (unpaired) electrons. The fourth-order valence-electron chi connectivity index (χ4n) is 0.654. The van der Waals surface area contributed by atoms with Crippen LogP contribution in [0.25, 0.3) is 0 Å². The third kappa shape index (κ3) is 3.59. The summed E-state index contributed by atoms with van der Waals surface area (Å²) < 4.78 is 0. The molecule has 0 heterocycles. The van der Waals surface area contributed by atoms with E-state index in [2.05, 4.69) is 0 Å². The van der Waals surface area contributed by atoms with E-state index in [1.165, 1.54) is 12.1 Å². The number of benzene rings is 1. The Labute approximate surface area is 73.4 Å². The molecule has 0 amide bonds. The first-order chi connectivity index (χ1) is 6.13. The van der Waals surface area contributed by atoms with E-state index >= 15 is 0 Å². The Balaban J connectivity index is 0.000000424. The molecule has 13 heavy (non-hydrogen) atoms. The van der Waals surface area contributed by atoms with Crippen LogP contribution in [0.3, 0.4) is 0 Å². The van der Waals surface area contributed by atoms with Gasteiger partial charge in [0.25, 0.3) is 5.69 Å². The molecule has 1 rings (SSSR count). The maximum Gasteiger partial charge on any atom is 0.292 e. The Hall–Kier alpha value is -2.27. The van der Waals surface area contributed by atoms with E-state index < -0.39 is 4.92 Å². The van der Waals surface area contributed by atoms with Crippen molar-refractivity contribution in [1.82, 2.24) is 4.91 Å². The largest absolute Gasteiger partial charge is 0.393 e. The zero-order valence-corrected chi connectivity index (χ0v) is 6.60. The van der Waals surface area contributed by atoms with Crippen LogP contribution in [0.4, 0.5) is 11.4 Å². The normalized spacial score (nSPS) is 7.69. The monoisotopic (exact) mass is 182 g/mol. The van der Waals surface area contributed by atoms with E-state index in [1.807, 2.05) is 4.91 Å². The number of nitro benzene ring substituents is 1. The summed E-state index contributed by atoms with van der Waals surface area (Å²) in [6.07, 6.45) is 0. The van der Waals surface area contributed by atoms with Gasteiger partial charge in [-0.05, 0) is 6.07 Å². The van der Waals surface area contributed by atoms with Crippen molar-refractivity contribution in [2.75, 3.05) is 5.73 Å². The molecule has 7 heteroatoms. The molecule has 0 saturated heterocycles. The SMILES string of the molecule is N=[N+]=N.Nc1ccccc1[N+](=O)[O-]. The van der Waals surface area contributed by atoms with Crippen LogP contribution in [-0.4, -0.2) is 4.92 Å². The van der Waals surface area contributed by atoms with E-state index in [0.717, 1.165) is 0 Å². The van der Waals surface area contributed by atoms with Crippen molar-refractivity contribution in [3.8, 4) is 0 Å². The van der Waals surface area contributed by atoms with Gasteiger partial charge in [0.1, 0.15) is 16.7 Å². The van der Waals surface area contributed by atoms with Crippen molar-refractivity contribution in [2.45, 2.75) is 0 Å². The summed E-state index contributed by atoms with van der Waals surface area (Å²) in [5.41, 5.74) is 16.4. The lowest BCUT2D eigenvalue weighted by atomic mass is 10.3. The Bertz CT molecular complexity index is 332. The van der Waals surface area contributed by atoms with Crippen LogP contribution in [0, 0.1) is 21.2 Å². The van der Waals surface area contributed by atoms with Crippen LogP contribution in [0.2, 0.25) is 0 Å². The number of nitrogens with one attached hydrogen (secondary N) is 2. The number of nitro groups is 1. The van der Waals surface area contributed by atoms with Crippen molar-refractivity contribution in [3.05, 3.63) is 34.4 Å². The van der Waals surface area contributed by atoms with Crippen molar-refractivity contribution in [3.63, 3.8) is 0 Å². The number of rotatable bonds is 1. The third-order valence-corrected chi connectivity index (χ3v) is 1.13. The summed E-state index contributed by atoms with van der Waals surface area (Å²) in [5.74, 6) is 0. The van der Waals surface area contributed by atoms with Gasteiger partial charge in [-0.2, -0.15) is 0 Å². The van der Waals surface area contributed by atoms with E-state index in [1.54, 1.807) is 12.1 Å². The molecule has 4 N–H and O–H groups in total. The lowest BCUT2D eigenvalue weighted by Crippen LogP contribution is -1.93. The number of nitrogens with two attached hydrogens (primary N) is 1. The molecule has 0 atom stereocenters. The van der Waals surface area contributed by atoms with E-state index in [9.17, 15) is 10.1 Å². The molecule has 68 valence electrons. The van der Waals surface area contributed by atoms with Crippen molar-refractivity contribution in [1.29, 1.82) is 11.1 Å². The molecule has 0 aromatic heterocycles. The number of nitrogen functional groups attached to an aromatic ring is 1. The molecule has 1 aromatic rings. The summed E-state index contributed by atoms with van der Waals surface area (Å²) in [5, 5.41) is 10.1. The van der Waals surface area contributed by atoms with Crippen LogP contribution in [0.15, 0.2) is 24.3 Å². The maximum absolute atomic E-state index is 10.1. The topological polar surface area (TPSA) is 131 Å². The fraction of sp³-hybridized carbons (Fsp3) is 0. The molecule has 0 saturated carbocycles. The number of nitrogens with zero attached hydrogens (tertiary/aromatic N) is 2. The molecule has 0 spiro atoms. The summed E-state index contributed by atoms with van der Waals surface area (Å²) in [4.78, 5) is 11.6. The molecule has 0 bridgehead atoms. The highest BCUT2D eigenvalue weighted by atomic mass is 16.6. The van der Waals surface area contributed by atoms with Gasteiger partial charge >= 0.3 is 0 Å². The van der Waals surface area contributed by atoms with E-state index in [-0.39, 0.29) is 11.4 Å². The van der Waals surface area contributed by atoms with Gasteiger partial charge in [-0.15, -0.1) is 0 Å². The molecule has 1 aromatic carbocycles. The number of para-hydroxylation sites is 2. The molecule has 0 aliphatic carbocycles. The molecule has 0 fully saturated rings. The van der Waals surface area contributed by atoms with Gasteiger partial charge in [0.2, 0.25) is 4.91 Å². The van der Waals surface area contributed by atoms with Crippen molar-refractivity contribution in [2.24, 2.45) is 0 Å². The average molecular weight is 182 g/mol. The predicted molar refractivity (Wildman–Crippen MR) is 45.1 cm³/mol. The lowest BCUT2D eigenvalue weighted by Gasteiger charge is -1.92. The zero-order chi connectivity index (χ0) is 10.3. The number of hydrogen-bond donors (Lipinski definition) is 3. The molecule has 7 nitrogen and oxygen atoms in total. The van der Waals surface area contributed by atoms with Crippen LogP contribution < -0.4 is 10.6 Å². The molecule has 0 aliphatic heterocycles. The second-order valence-corrected chi connectivity index (χ2v) is 1.93. The van der Waals surface area contributed by atoms with Gasteiger partial charge in [0, 0.05) is 6.07 Å². The summed E-state index contributed by atoms with van der Waals surface area (Å²) in [6.45, 7) is 0. The first kappa shape index (κ1) is 10.7. The van der Waals surface area contributed by atoms with Gasteiger partial charge < -0.3 is 5.73 Å². The highest BCUT2D eigenvalue weighted by molar-refractivity contribution is 5.57. The van der Waals surface area contributed by atoms with Gasteiger partial charge in [0.15, 0.2) is 0 Å². The van der Waals surface area contributed by atoms with E-state index in [0.29, 0.717) is 0 Å². The molecular weight excluding hydrogens is 174 g/mol. The summed E-state index contributed by atoms with van der Waals surface area (Å²) >= 11 is 0. The third-order valence-electron chi connectivity index (χ3n) is 1.13. The van der Waals surface area contributed by atoms with E-state index in [4.69, 9.17) is 16.8 Å². The fourth-order valence-corrected chi connectivity index (χ4v) is 0.654. The summed E-state index contributed by atoms with van der Waals surface area (Å²) in [7, 11) is 0. The zero-order valence-electron chi connectivity index (χ0n) is 6.60. The highest BCUT2D eigenvalue weighted by Crippen LogP contribution is 2.18. The van der Waals surface area contributed by atoms with Crippen LogP contribution in [0.1, 0.15) is 0 Å². The Morgan fingerprint density at radius 2 is 1.85 bits per heavy atom. The molecular formula is C6H8N5O2+. The Morgan fingerprint density at radius 3 is 2.15 bits per heavy atom. The Morgan fingerprint density at radius 1 is 1.38 bits per heavy atom. The first-order valence-corrected chi connectivity index (χ1v) is 3.15. The number of anilines is 1. The smallest absolute Gasteiger partial charge is 0.292 e. The van der Waals surface area contributed by atoms with Crippen molar-refractivity contribution >= 4 is 11.4 Å². The first-order valence-electron chi connectivity index (χ1n) is 3.15. The van der Waals surface area contributed by atoms with Crippen LogP contribution in [-0.2, 0) is 0 Å². The van der Waals surface area contributed by atoms with Crippen LogP contribution in [0.5, 0.6) is 0 Å². The minimum atomic E-state index is -0.505. The minimum Gasteiger partial charge on any atom is -0.393 e. The van der Waals surface area contributed by atoms with Gasteiger partial charge in [-0.25, -0.2) is 0 Å². The van der Waals surface area contributed by atoms with Gasteiger partial charge in [-0.3, -0.25) is 10.1 Å². The Kier molecular flexibility index (Phi) is 4.45. The predicted octanol–water partition coefficient (Wildman–Crippen LogP) is 1.29. The average Bonchev–Trinajstić information content (AvgIpc) is 2.06. The highest BCUT2D eigenvalue weighted by Gasteiger charge is 2.07. The second-order valence-electron chi connectivity index (χ2n) is 1.93. The maximum atomic E-state index is 10.1. The summed E-state index contributed by atoms with van der Waals surface area (Å²) in [6, 6.07) is 6.10. The lowest BCUT2D eigenvalue weighted by molar-refractivity contribution is -0.383.